The van der Waals surface area contributed by atoms with E-state index in [9.17, 15) is 18.0 Å². The van der Waals surface area contributed by atoms with Crippen LogP contribution in [0, 0.1) is 0 Å². The second kappa shape index (κ2) is 16.3. The number of hydrogen-bond donors (Lipinski definition) is 1. The molecule has 0 saturated carbocycles. The number of Topliss-reactive ketones (excluding diaryl/α,β-unsaturated/α-hetero) is 1. The van der Waals surface area contributed by atoms with Crippen LogP contribution >= 0.6 is 0 Å². The highest BCUT2D eigenvalue weighted by atomic mass is 32.2. The average molecular weight is 438 g/mol. The van der Waals surface area contributed by atoms with Crippen molar-refractivity contribution < 1.29 is 36.4 Å². The molecule has 29 heavy (non-hydrogen) atoms. The Hall–Kier alpha value is -1.49. The molecule has 9 nitrogen and oxygen atoms in total. The lowest BCUT2D eigenvalue weighted by atomic mass is 10.1. The number of methoxy groups -OCH3 is 1. The smallest absolute Gasteiger partial charge is 0.306 e. The maximum atomic E-state index is 12.3. The lowest BCUT2D eigenvalue weighted by Crippen LogP contribution is -2.31. The number of amides is 1. The van der Waals surface area contributed by atoms with Crippen molar-refractivity contribution in [2.45, 2.75) is 46.0 Å². The summed E-state index contributed by atoms with van der Waals surface area (Å²) in [5.74, 6) is -1.66. The summed E-state index contributed by atoms with van der Waals surface area (Å²) in [4.78, 5) is 24.7. The van der Waals surface area contributed by atoms with Crippen LogP contribution < -0.4 is 5.32 Å². The summed E-state index contributed by atoms with van der Waals surface area (Å²) in [5.41, 5.74) is -0.0475. The van der Waals surface area contributed by atoms with E-state index in [1.165, 1.54) is 6.92 Å². The van der Waals surface area contributed by atoms with Gasteiger partial charge in [0.2, 0.25) is 5.76 Å². The lowest BCUT2D eigenvalue weighted by Gasteiger charge is -2.12. The Balaban J connectivity index is 4.69. The minimum absolute atomic E-state index is 0.0475. The van der Waals surface area contributed by atoms with E-state index >= 15 is 0 Å². The van der Waals surface area contributed by atoms with Crippen LogP contribution in [-0.2, 0) is 38.1 Å². The summed E-state index contributed by atoms with van der Waals surface area (Å²) in [6, 6.07) is 0. The number of unbranched alkanes of at least 4 members (excludes halogenated alkanes) is 2. The van der Waals surface area contributed by atoms with Crippen molar-refractivity contribution in [3.05, 3.63) is 11.3 Å². The highest BCUT2D eigenvalue weighted by molar-refractivity contribution is 7.86. The van der Waals surface area contributed by atoms with Gasteiger partial charge in [-0.25, -0.2) is 0 Å². The number of nitrogens with one attached hydrogen (secondary N) is 1. The van der Waals surface area contributed by atoms with Crippen LogP contribution in [0.5, 0.6) is 0 Å². The van der Waals surface area contributed by atoms with Crippen LogP contribution in [0.4, 0.5) is 0 Å². The van der Waals surface area contributed by atoms with Gasteiger partial charge >= 0.3 is 10.1 Å². The molecule has 0 rings (SSSR count). The molecular weight excluding hydrogens is 402 g/mol. The number of allylic oxidation sites excluding steroid dienone is 1. The molecule has 0 radical (unpaired) electrons. The third-order valence-electron chi connectivity index (χ3n) is 3.75. The third-order valence-corrected chi connectivity index (χ3v) is 4.22. The van der Waals surface area contributed by atoms with Gasteiger partial charge in [0.15, 0.2) is 5.78 Å². The summed E-state index contributed by atoms with van der Waals surface area (Å²) < 4.78 is 43.3. The molecule has 1 amide bonds. The fourth-order valence-corrected chi connectivity index (χ4v) is 2.69. The zero-order chi connectivity index (χ0) is 22.1. The fraction of sp³-hybridized carbons (Fsp3) is 0.789. The van der Waals surface area contributed by atoms with Crippen molar-refractivity contribution in [1.82, 2.24) is 5.32 Å². The molecule has 0 unspecified atom stereocenters. The van der Waals surface area contributed by atoms with Crippen LogP contribution in [0.25, 0.3) is 0 Å². The second-order valence-electron chi connectivity index (χ2n) is 6.45. The van der Waals surface area contributed by atoms with E-state index in [1.54, 1.807) is 7.11 Å². The first kappa shape index (κ1) is 27.5. The first-order valence-electron chi connectivity index (χ1n) is 9.79. The van der Waals surface area contributed by atoms with E-state index in [0.717, 1.165) is 25.5 Å². The summed E-state index contributed by atoms with van der Waals surface area (Å²) in [5, 5.41) is 2.52. The SMILES string of the molecule is CCCCCOCCNC(=O)/C(OS(C)(=O)=O)=C(\C)C(=O)CCCOCCOC. The molecule has 0 aromatic heterocycles. The van der Waals surface area contributed by atoms with Gasteiger partial charge in [0.25, 0.3) is 5.91 Å². The molecule has 0 heterocycles. The predicted octanol–water partition coefficient (Wildman–Crippen LogP) is 1.57. The molecular formula is C19H35NO8S. The molecule has 0 aromatic rings. The van der Waals surface area contributed by atoms with Crippen molar-refractivity contribution in [1.29, 1.82) is 0 Å². The molecule has 0 atom stereocenters. The number of carbonyl (C=O) groups is 2. The average Bonchev–Trinajstić information content (AvgIpc) is 2.66. The number of hydrogen-bond acceptors (Lipinski definition) is 8. The number of ether oxygens (including phenoxy) is 3. The van der Waals surface area contributed by atoms with Crippen molar-refractivity contribution in [3.8, 4) is 0 Å². The summed E-state index contributed by atoms with van der Waals surface area (Å²) in [6.45, 7) is 5.75. The van der Waals surface area contributed by atoms with E-state index in [0.29, 0.717) is 32.8 Å². The van der Waals surface area contributed by atoms with Gasteiger partial charge in [0.1, 0.15) is 0 Å². The highest BCUT2D eigenvalue weighted by Gasteiger charge is 2.23. The minimum Gasteiger partial charge on any atom is -0.382 e. The van der Waals surface area contributed by atoms with Crippen molar-refractivity contribution >= 4 is 21.8 Å². The van der Waals surface area contributed by atoms with Crippen molar-refractivity contribution in [2.24, 2.45) is 0 Å². The largest absolute Gasteiger partial charge is 0.382 e. The van der Waals surface area contributed by atoms with Crippen molar-refractivity contribution in [3.63, 3.8) is 0 Å². The normalized spacial score (nSPS) is 12.4. The van der Waals surface area contributed by atoms with E-state index in [-0.39, 0.29) is 30.9 Å². The predicted molar refractivity (Wildman–Crippen MR) is 109 cm³/mol. The van der Waals surface area contributed by atoms with Crippen LogP contribution in [0.3, 0.4) is 0 Å². The Morgan fingerprint density at radius 1 is 0.931 bits per heavy atom. The van der Waals surface area contributed by atoms with Gasteiger partial charge < -0.3 is 23.7 Å². The van der Waals surface area contributed by atoms with E-state index in [2.05, 4.69) is 12.2 Å². The Morgan fingerprint density at radius 3 is 2.21 bits per heavy atom. The monoisotopic (exact) mass is 437 g/mol. The van der Waals surface area contributed by atoms with Gasteiger partial charge in [-0.3, -0.25) is 9.59 Å². The Labute approximate surface area is 174 Å². The van der Waals surface area contributed by atoms with E-state index in [4.69, 9.17) is 18.4 Å². The van der Waals surface area contributed by atoms with Gasteiger partial charge in [-0.2, -0.15) is 8.42 Å². The molecule has 0 aliphatic rings. The quantitative estimate of drug-likeness (QED) is 0.149. The Morgan fingerprint density at radius 2 is 1.59 bits per heavy atom. The lowest BCUT2D eigenvalue weighted by molar-refractivity contribution is -0.121. The summed E-state index contributed by atoms with van der Waals surface area (Å²) in [6.07, 6.45) is 4.44. The summed E-state index contributed by atoms with van der Waals surface area (Å²) >= 11 is 0. The molecule has 1 N–H and O–H groups in total. The first-order chi connectivity index (χ1) is 13.7. The van der Waals surface area contributed by atoms with Crippen LogP contribution in [0.2, 0.25) is 0 Å². The molecule has 10 heteroatoms. The summed E-state index contributed by atoms with van der Waals surface area (Å²) in [7, 11) is -2.41. The third kappa shape index (κ3) is 15.1. The zero-order valence-electron chi connectivity index (χ0n) is 18.0. The van der Waals surface area contributed by atoms with Crippen LogP contribution in [-0.4, -0.2) is 73.1 Å². The van der Waals surface area contributed by atoms with Gasteiger partial charge in [0.05, 0.1) is 26.1 Å². The molecule has 0 fully saturated rings. The molecule has 0 aliphatic carbocycles. The topological polar surface area (TPSA) is 117 Å². The molecule has 0 spiro atoms. The van der Waals surface area contributed by atoms with Gasteiger partial charge in [-0.1, -0.05) is 19.8 Å². The molecule has 0 aromatic carbocycles. The van der Waals surface area contributed by atoms with Gasteiger partial charge in [-0.05, 0) is 19.8 Å². The van der Waals surface area contributed by atoms with Gasteiger partial charge in [-0.15, -0.1) is 0 Å². The van der Waals surface area contributed by atoms with E-state index < -0.39 is 21.8 Å². The maximum absolute atomic E-state index is 12.3. The number of rotatable bonds is 18. The van der Waals surface area contributed by atoms with Crippen LogP contribution in [0.15, 0.2) is 11.3 Å². The van der Waals surface area contributed by atoms with E-state index in [1.807, 2.05) is 0 Å². The Kier molecular flexibility index (Phi) is 15.5. The minimum atomic E-state index is -3.97. The maximum Gasteiger partial charge on any atom is 0.306 e. The first-order valence-corrected chi connectivity index (χ1v) is 11.6. The molecule has 0 aliphatic heterocycles. The number of carbonyl (C=O) groups excluding carboxylic acids is 2. The molecule has 0 bridgehead atoms. The number of ketones is 1. The molecule has 0 saturated heterocycles. The zero-order valence-corrected chi connectivity index (χ0v) is 18.8. The fourth-order valence-electron chi connectivity index (χ4n) is 2.19. The Bertz CT molecular complexity index is 616. The van der Waals surface area contributed by atoms with Crippen molar-refractivity contribution in [2.75, 3.05) is 52.9 Å². The molecule has 170 valence electrons. The second-order valence-corrected chi connectivity index (χ2v) is 8.02. The van der Waals surface area contributed by atoms with Gasteiger partial charge in [0, 0.05) is 38.9 Å². The standard InChI is InChI=1S/C19H35NO8S/c1-5-6-7-11-26-13-10-20-19(22)18(28-29(4,23)24)16(2)17(21)9-8-12-27-15-14-25-3/h5-15H2,1-4H3,(H,20,22)/b18-16-. The van der Waals surface area contributed by atoms with Crippen LogP contribution in [0.1, 0.15) is 46.0 Å². The highest BCUT2D eigenvalue weighted by Crippen LogP contribution is 2.13.